The van der Waals surface area contributed by atoms with Gasteiger partial charge >= 0.3 is 6.18 Å². The Morgan fingerprint density at radius 1 is 1.05 bits per heavy atom. The quantitative estimate of drug-likeness (QED) is 0.828. The summed E-state index contributed by atoms with van der Waals surface area (Å²) in [7, 11) is 0. The molecule has 0 atom stereocenters. The summed E-state index contributed by atoms with van der Waals surface area (Å²) >= 11 is 3.28. The van der Waals surface area contributed by atoms with E-state index in [-0.39, 0.29) is 18.1 Å². The molecule has 7 heteroatoms. The van der Waals surface area contributed by atoms with E-state index in [0.29, 0.717) is 5.69 Å². The normalized spacial score (nSPS) is 11.1. The molecule has 3 nitrogen and oxygen atoms in total. The largest absolute Gasteiger partial charge is 0.416 e. The minimum atomic E-state index is -4.41. The standard InChI is InChI=1S/C15H12BrF3N2O/c16-11-4-2-6-13(8-11)21-14(22)9-20-12-5-1-3-10(7-12)15(17,18)19/h1-8,20H,9H2,(H,21,22). The molecule has 0 aliphatic heterocycles. The summed E-state index contributed by atoms with van der Waals surface area (Å²) in [5.74, 6) is -0.351. The van der Waals surface area contributed by atoms with E-state index in [1.54, 1.807) is 18.2 Å². The van der Waals surface area contributed by atoms with Gasteiger partial charge in [0.15, 0.2) is 0 Å². The van der Waals surface area contributed by atoms with Gasteiger partial charge in [0.1, 0.15) is 0 Å². The van der Waals surface area contributed by atoms with Crippen molar-refractivity contribution in [1.82, 2.24) is 0 Å². The lowest BCUT2D eigenvalue weighted by atomic mass is 10.2. The van der Waals surface area contributed by atoms with Crippen molar-refractivity contribution in [3.05, 3.63) is 58.6 Å². The fourth-order valence-corrected chi connectivity index (χ4v) is 2.16. The number of carbonyl (C=O) groups excluding carboxylic acids is 1. The summed E-state index contributed by atoms with van der Waals surface area (Å²) < 4.78 is 38.6. The second kappa shape index (κ2) is 6.83. The predicted molar refractivity (Wildman–Crippen MR) is 82.7 cm³/mol. The fourth-order valence-electron chi connectivity index (χ4n) is 1.76. The minimum absolute atomic E-state index is 0.131. The van der Waals surface area contributed by atoms with E-state index in [0.717, 1.165) is 16.6 Å². The van der Waals surface area contributed by atoms with Crippen LogP contribution in [0.2, 0.25) is 0 Å². The van der Waals surface area contributed by atoms with Crippen LogP contribution in [0.25, 0.3) is 0 Å². The Balaban J connectivity index is 1.94. The van der Waals surface area contributed by atoms with E-state index in [1.165, 1.54) is 12.1 Å². The summed E-state index contributed by atoms with van der Waals surface area (Å²) in [6.45, 7) is -0.131. The second-order valence-corrected chi connectivity index (χ2v) is 5.41. The highest BCUT2D eigenvalue weighted by atomic mass is 79.9. The van der Waals surface area contributed by atoms with Gasteiger partial charge in [-0.1, -0.05) is 28.1 Å². The summed E-state index contributed by atoms with van der Waals surface area (Å²) in [5, 5.41) is 5.31. The maximum atomic E-state index is 12.6. The minimum Gasteiger partial charge on any atom is -0.376 e. The van der Waals surface area contributed by atoms with Gasteiger partial charge in [-0.25, -0.2) is 0 Å². The van der Waals surface area contributed by atoms with Gasteiger partial charge in [0.05, 0.1) is 12.1 Å². The lowest BCUT2D eigenvalue weighted by Crippen LogP contribution is -2.21. The summed E-state index contributed by atoms with van der Waals surface area (Å²) in [4.78, 5) is 11.8. The van der Waals surface area contributed by atoms with Gasteiger partial charge in [0, 0.05) is 15.8 Å². The van der Waals surface area contributed by atoms with Gasteiger partial charge < -0.3 is 10.6 Å². The third-order valence-electron chi connectivity index (χ3n) is 2.75. The van der Waals surface area contributed by atoms with E-state index in [9.17, 15) is 18.0 Å². The van der Waals surface area contributed by atoms with Crippen LogP contribution < -0.4 is 10.6 Å². The molecule has 0 radical (unpaired) electrons. The van der Waals surface area contributed by atoms with Crippen molar-refractivity contribution in [1.29, 1.82) is 0 Å². The molecule has 0 spiro atoms. The zero-order valence-corrected chi connectivity index (χ0v) is 12.8. The number of carbonyl (C=O) groups is 1. The first-order valence-electron chi connectivity index (χ1n) is 6.31. The Hall–Kier alpha value is -2.02. The molecule has 0 aliphatic rings. The van der Waals surface area contributed by atoms with Gasteiger partial charge in [-0.05, 0) is 36.4 Å². The number of alkyl halides is 3. The number of hydrogen-bond acceptors (Lipinski definition) is 2. The Morgan fingerprint density at radius 3 is 2.41 bits per heavy atom. The molecule has 2 aromatic rings. The number of rotatable bonds is 4. The lowest BCUT2D eigenvalue weighted by molar-refractivity contribution is -0.137. The predicted octanol–water partition coefficient (Wildman–Crippen LogP) is 4.52. The number of benzene rings is 2. The molecule has 1 amide bonds. The molecular formula is C15H12BrF3N2O. The average molecular weight is 373 g/mol. The maximum absolute atomic E-state index is 12.6. The van der Waals surface area contributed by atoms with Crippen LogP contribution in [0.15, 0.2) is 53.0 Å². The van der Waals surface area contributed by atoms with Crippen LogP contribution in [0.5, 0.6) is 0 Å². The van der Waals surface area contributed by atoms with Gasteiger partial charge in [0.2, 0.25) is 5.91 Å². The molecule has 22 heavy (non-hydrogen) atoms. The van der Waals surface area contributed by atoms with Crippen molar-refractivity contribution in [2.24, 2.45) is 0 Å². The molecule has 0 fully saturated rings. The zero-order valence-electron chi connectivity index (χ0n) is 11.2. The first-order valence-corrected chi connectivity index (χ1v) is 7.10. The van der Waals surface area contributed by atoms with E-state index in [1.807, 2.05) is 6.07 Å². The molecule has 0 heterocycles. The fraction of sp³-hybridized carbons (Fsp3) is 0.133. The smallest absolute Gasteiger partial charge is 0.376 e. The molecule has 0 aliphatic carbocycles. The van der Waals surface area contributed by atoms with E-state index in [2.05, 4.69) is 26.6 Å². The molecule has 2 N–H and O–H groups in total. The molecule has 0 unspecified atom stereocenters. The number of nitrogens with one attached hydrogen (secondary N) is 2. The number of hydrogen-bond donors (Lipinski definition) is 2. The molecule has 0 aromatic heterocycles. The molecule has 0 saturated carbocycles. The lowest BCUT2D eigenvalue weighted by Gasteiger charge is -2.11. The Morgan fingerprint density at radius 2 is 1.73 bits per heavy atom. The van der Waals surface area contributed by atoms with Crippen LogP contribution in [0, 0.1) is 0 Å². The van der Waals surface area contributed by atoms with Gasteiger partial charge in [-0.2, -0.15) is 13.2 Å². The van der Waals surface area contributed by atoms with Crippen LogP contribution in [0.3, 0.4) is 0 Å². The molecule has 0 saturated heterocycles. The Kier molecular flexibility index (Phi) is 5.07. The molecule has 116 valence electrons. The third-order valence-corrected chi connectivity index (χ3v) is 3.24. The summed E-state index contributed by atoms with van der Waals surface area (Å²) in [6, 6.07) is 11.7. The Labute approximate surface area is 133 Å². The first-order chi connectivity index (χ1) is 10.3. The van der Waals surface area contributed by atoms with E-state index < -0.39 is 11.7 Å². The number of anilines is 2. The maximum Gasteiger partial charge on any atom is 0.416 e. The summed E-state index contributed by atoms with van der Waals surface area (Å²) in [6.07, 6.45) is -4.41. The summed E-state index contributed by atoms with van der Waals surface area (Å²) in [5.41, 5.74) is 0.0781. The van der Waals surface area contributed by atoms with Crippen LogP contribution >= 0.6 is 15.9 Å². The Bertz CT molecular complexity index is 674. The van der Waals surface area contributed by atoms with E-state index >= 15 is 0 Å². The van der Waals surface area contributed by atoms with Crippen molar-refractivity contribution in [2.75, 3.05) is 17.2 Å². The molecule has 0 bridgehead atoms. The van der Waals surface area contributed by atoms with Crippen LogP contribution in [-0.2, 0) is 11.0 Å². The van der Waals surface area contributed by atoms with E-state index in [4.69, 9.17) is 0 Å². The first kappa shape index (κ1) is 16.4. The van der Waals surface area contributed by atoms with Crippen LogP contribution in [0.4, 0.5) is 24.5 Å². The van der Waals surface area contributed by atoms with Crippen molar-refractivity contribution >= 4 is 33.2 Å². The average Bonchev–Trinajstić information content (AvgIpc) is 2.45. The highest BCUT2D eigenvalue weighted by Crippen LogP contribution is 2.30. The van der Waals surface area contributed by atoms with Crippen LogP contribution in [-0.4, -0.2) is 12.5 Å². The van der Waals surface area contributed by atoms with Crippen molar-refractivity contribution < 1.29 is 18.0 Å². The zero-order chi connectivity index (χ0) is 16.2. The van der Waals surface area contributed by atoms with Crippen molar-refractivity contribution in [3.63, 3.8) is 0 Å². The topological polar surface area (TPSA) is 41.1 Å². The molecule has 2 aromatic carbocycles. The van der Waals surface area contributed by atoms with Gasteiger partial charge in [-0.3, -0.25) is 4.79 Å². The van der Waals surface area contributed by atoms with Crippen LogP contribution in [0.1, 0.15) is 5.56 Å². The highest BCUT2D eigenvalue weighted by molar-refractivity contribution is 9.10. The molecule has 2 rings (SSSR count). The van der Waals surface area contributed by atoms with Gasteiger partial charge in [0.25, 0.3) is 0 Å². The third kappa shape index (κ3) is 4.77. The monoisotopic (exact) mass is 372 g/mol. The SMILES string of the molecule is O=C(CNc1cccc(C(F)(F)F)c1)Nc1cccc(Br)c1. The van der Waals surface area contributed by atoms with Crippen molar-refractivity contribution in [2.45, 2.75) is 6.18 Å². The highest BCUT2D eigenvalue weighted by Gasteiger charge is 2.30. The van der Waals surface area contributed by atoms with Crippen molar-refractivity contribution in [3.8, 4) is 0 Å². The number of halogens is 4. The second-order valence-electron chi connectivity index (χ2n) is 4.49. The molecular weight excluding hydrogens is 361 g/mol. The van der Waals surface area contributed by atoms with Gasteiger partial charge in [-0.15, -0.1) is 0 Å². The number of amides is 1.